The fourth-order valence-corrected chi connectivity index (χ4v) is 3.38. The summed E-state index contributed by atoms with van der Waals surface area (Å²) in [7, 11) is 1.74. The van der Waals surface area contributed by atoms with E-state index in [2.05, 4.69) is 4.98 Å². The fourth-order valence-electron chi connectivity index (χ4n) is 3.38. The highest BCUT2D eigenvalue weighted by Gasteiger charge is 2.28. The zero-order valence-corrected chi connectivity index (χ0v) is 12.3. The van der Waals surface area contributed by atoms with Gasteiger partial charge in [0, 0.05) is 25.7 Å². The van der Waals surface area contributed by atoms with Crippen molar-refractivity contribution >= 4 is 11.9 Å². The van der Waals surface area contributed by atoms with E-state index in [4.69, 9.17) is 0 Å². The number of carboxylic acid groups (broad SMARTS) is 1. The first-order chi connectivity index (χ1) is 10.1. The maximum Gasteiger partial charge on any atom is 0.308 e. The molecular weight excluding hydrogens is 270 g/mol. The second-order valence-electron chi connectivity index (χ2n) is 6.03. The zero-order valence-electron chi connectivity index (χ0n) is 12.3. The van der Waals surface area contributed by atoms with Crippen LogP contribution in [0.15, 0.2) is 4.79 Å². The third-order valence-electron chi connectivity index (χ3n) is 4.59. The van der Waals surface area contributed by atoms with E-state index in [0.29, 0.717) is 18.9 Å². The molecule has 0 amide bonds. The third kappa shape index (κ3) is 2.54. The van der Waals surface area contributed by atoms with Crippen LogP contribution in [0, 0.1) is 5.92 Å². The van der Waals surface area contributed by atoms with Crippen LogP contribution in [-0.4, -0.2) is 33.7 Å². The Balaban J connectivity index is 1.97. The zero-order chi connectivity index (χ0) is 15.0. The van der Waals surface area contributed by atoms with Gasteiger partial charge in [-0.25, -0.2) is 4.98 Å². The number of hydrogen-bond acceptors (Lipinski definition) is 4. The average molecular weight is 291 g/mol. The Labute approximate surface area is 123 Å². The molecule has 1 saturated heterocycles. The van der Waals surface area contributed by atoms with Crippen LogP contribution in [0.5, 0.6) is 0 Å². The summed E-state index contributed by atoms with van der Waals surface area (Å²) in [5.74, 6) is -0.499. The van der Waals surface area contributed by atoms with Crippen molar-refractivity contribution in [1.82, 2.24) is 9.55 Å². The first-order valence-corrected chi connectivity index (χ1v) is 7.64. The summed E-state index contributed by atoms with van der Waals surface area (Å²) < 4.78 is 1.59. The number of aliphatic carboxylic acids is 1. The van der Waals surface area contributed by atoms with Crippen molar-refractivity contribution in [2.24, 2.45) is 13.0 Å². The Hall–Kier alpha value is -1.85. The Morgan fingerprint density at radius 3 is 2.81 bits per heavy atom. The van der Waals surface area contributed by atoms with E-state index in [0.717, 1.165) is 49.9 Å². The van der Waals surface area contributed by atoms with Gasteiger partial charge >= 0.3 is 5.97 Å². The molecule has 1 aliphatic carbocycles. The van der Waals surface area contributed by atoms with Crippen LogP contribution in [0.4, 0.5) is 5.95 Å². The van der Waals surface area contributed by atoms with Crippen LogP contribution in [-0.2, 0) is 24.7 Å². The molecule has 0 radical (unpaired) electrons. The molecule has 2 heterocycles. The molecule has 1 N–H and O–H groups in total. The molecule has 1 aliphatic heterocycles. The summed E-state index contributed by atoms with van der Waals surface area (Å²) in [5, 5.41) is 9.20. The SMILES string of the molecule is Cn1c(N2CCC[C@@H](C(=O)O)C2)nc2c(c1=O)CCCC2. The maximum absolute atomic E-state index is 12.5. The topological polar surface area (TPSA) is 75.4 Å². The van der Waals surface area contributed by atoms with Gasteiger partial charge in [0.15, 0.2) is 0 Å². The third-order valence-corrected chi connectivity index (χ3v) is 4.59. The second-order valence-corrected chi connectivity index (χ2v) is 6.03. The number of hydrogen-bond donors (Lipinski definition) is 1. The van der Waals surface area contributed by atoms with E-state index in [1.165, 1.54) is 0 Å². The highest BCUT2D eigenvalue weighted by atomic mass is 16.4. The lowest BCUT2D eigenvalue weighted by atomic mass is 9.97. The Bertz CT molecular complexity index is 623. The molecule has 1 aromatic rings. The van der Waals surface area contributed by atoms with Gasteiger partial charge in [0.25, 0.3) is 5.56 Å². The van der Waals surface area contributed by atoms with Crippen LogP contribution >= 0.6 is 0 Å². The number of rotatable bonds is 2. The summed E-state index contributed by atoms with van der Waals surface area (Å²) >= 11 is 0. The molecular formula is C15H21N3O3. The van der Waals surface area contributed by atoms with Crippen LogP contribution in [0.3, 0.4) is 0 Å². The number of carbonyl (C=O) groups is 1. The van der Waals surface area contributed by atoms with Gasteiger partial charge in [-0.3, -0.25) is 14.2 Å². The molecule has 114 valence electrons. The predicted molar refractivity (Wildman–Crippen MR) is 78.7 cm³/mol. The quantitative estimate of drug-likeness (QED) is 0.878. The lowest BCUT2D eigenvalue weighted by molar-refractivity contribution is -0.141. The van der Waals surface area contributed by atoms with Gasteiger partial charge in [-0.05, 0) is 38.5 Å². The van der Waals surface area contributed by atoms with Crippen molar-refractivity contribution in [2.45, 2.75) is 38.5 Å². The molecule has 6 nitrogen and oxygen atoms in total. The van der Waals surface area contributed by atoms with Crippen molar-refractivity contribution in [2.75, 3.05) is 18.0 Å². The van der Waals surface area contributed by atoms with Gasteiger partial charge in [0.05, 0.1) is 11.6 Å². The molecule has 1 atom stereocenters. The van der Waals surface area contributed by atoms with Gasteiger partial charge < -0.3 is 10.0 Å². The van der Waals surface area contributed by atoms with E-state index >= 15 is 0 Å². The average Bonchev–Trinajstić information content (AvgIpc) is 2.51. The van der Waals surface area contributed by atoms with E-state index in [-0.39, 0.29) is 11.5 Å². The van der Waals surface area contributed by atoms with Crippen LogP contribution in [0.1, 0.15) is 36.9 Å². The Morgan fingerprint density at radius 1 is 1.29 bits per heavy atom. The molecule has 0 saturated carbocycles. The Morgan fingerprint density at radius 2 is 2.05 bits per heavy atom. The second kappa shape index (κ2) is 5.50. The molecule has 3 rings (SSSR count). The molecule has 21 heavy (non-hydrogen) atoms. The largest absolute Gasteiger partial charge is 0.481 e. The van der Waals surface area contributed by atoms with Gasteiger partial charge in [0.2, 0.25) is 5.95 Å². The number of carboxylic acids is 1. The van der Waals surface area contributed by atoms with Crippen molar-refractivity contribution in [3.63, 3.8) is 0 Å². The lowest BCUT2D eigenvalue weighted by Crippen LogP contribution is -2.42. The molecule has 0 unspecified atom stereocenters. The van der Waals surface area contributed by atoms with Crippen molar-refractivity contribution < 1.29 is 9.90 Å². The van der Waals surface area contributed by atoms with Gasteiger partial charge in [-0.2, -0.15) is 0 Å². The smallest absolute Gasteiger partial charge is 0.308 e. The van der Waals surface area contributed by atoms with Crippen molar-refractivity contribution in [3.8, 4) is 0 Å². The molecule has 1 fully saturated rings. The summed E-state index contributed by atoms with van der Waals surface area (Å²) in [4.78, 5) is 30.3. The summed E-state index contributed by atoms with van der Waals surface area (Å²) in [6.07, 6.45) is 5.31. The summed E-state index contributed by atoms with van der Waals surface area (Å²) in [5.41, 5.74) is 1.79. The number of fused-ring (bicyclic) bond motifs is 1. The van der Waals surface area contributed by atoms with Gasteiger partial charge in [-0.15, -0.1) is 0 Å². The van der Waals surface area contributed by atoms with Crippen LogP contribution in [0.25, 0.3) is 0 Å². The lowest BCUT2D eigenvalue weighted by Gasteiger charge is -2.33. The van der Waals surface area contributed by atoms with E-state index in [1.807, 2.05) is 4.90 Å². The molecule has 2 aliphatic rings. The number of aromatic nitrogens is 2. The Kier molecular flexibility index (Phi) is 3.69. The van der Waals surface area contributed by atoms with Crippen LogP contribution in [0.2, 0.25) is 0 Å². The first kappa shape index (κ1) is 14.1. The first-order valence-electron chi connectivity index (χ1n) is 7.64. The minimum atomic E-state index is -0.761. The standard InChI is InChI=1S/C15H21N3O3/c1-17-13(19)11-6-2-3-7-12(11)16-15(17)18-8-4-5-10(9-18)14(20)21/h10H,2-9H2,1H3,(H,20,21)/t10-/m1/s1. The van der Waals surface area contributed by atoms with E-state index in [9.17, 15) is 14.7 Å². The molecule has 1 aromatic heterocycles. The maximum atomic E-state index is 12.5. The summed E-state index contributed by atoms with van der Waals surface area (Å²) in [6.45, 7) is 1.21. The van der Waals surface area contributed by atoms with Crippen molar-refractivity contribution in [3.05, 3.63) is 21.6 Å². The van der Waals surface area contributed by atoms with Crippen molar-refractivity contribution in [1.29, 1.82) is 0 Å². The molecule has 0 spiro atoms. The van der Waals surface area contributed by atoms with E-state index < -0.39 is 5.97 Å². The van der Waals surface area contributed by atoms with Gasteiger partial charge in [0.1, 0.15) is 0 Å². The van der Waals surface area contributed by atoms with E-state index in [1.54, 1.807) is 11.6 Å². The highest BCUT2D eigenvalue weighted by molar-refractivity contribution is 5.71. The molecule has 0 bridgehead atoms. The molecule has 0 aromatic carbocycles. The predicted octanol–water partition coefficient (Wildman–Crippen LogP) is 0.960. The van der Waals surface area contributed by atoms with Gasteiger partial charge in [-0.1, -0.05) is 0 Å². The number of aryl methyl sites for hydroxylation is 1. The normalized spacial score (nSPS) is 22.0. The molecule has 6 heteroatoms. The summed E-state index contributed by atoms with van der Waals surface area (Å²) in [6, 6.07) is 0. The number of nitrogens with zero attached hydrogens (tertiary/aromatic N) is 3. The number of piperidine rings is 1. The fraction of sp³-hybridized carbons (Fsp3) is 0.667. The highest BCUT2D eigenvalue weighted by Crippen LogP contribution is 2.24. The number of anilines is 1. The minimum Gasteiger partial charge on any atom is -0.481 e. The monoisotopic (exact) mass is 291 g/mol. The van der Waals surface area contributed by atoms with Crippen LogP contribution < -0.4 is 10.5 Å². The minimum absolute atomic E-state index is 0.0344.